The maximum atomic E-state index is 11.8. The maximum Gasteiger partial charge on any atom is 0.431 e. The number of aromatic amines is 1. The van der Waals surface area contributed by atoms with Gasteiger partial charge in [0.15, 0.2) is 6.04 Å². The molecule has 1 aromatic heterocycles. The van der Waals surface area contributed by atoms with Crippen LogP contribution in [0.1, 0.15) is 44.0 Å². The Morgan fingerprint density at radius 2 is 2.00 bits per heavy atom. The van der Waals surface area contributed by atoms with E-state index in [2.05, 4.69) is 45.8 Å². The molecule has 3 rings (SSSR count). The highest BCUT2D eigenvalue weighted by Crippen LogP contribution is 2.14. The molecule has 6 heteroatoms. The topological polar surface area (TPSA) is 65.2 Å². The molecule has 24 heavy (non-hydrogen) atoms. The molecule has 2 heterocycles. The molecule has 0 radical (unpaired) electrons. The van der Waals surface area contributed by atoms with E-state index in [-0.39, 0.29) is 11.7 Å². The molecule has 0 spiro atoms. The summed E-state index contributed by atoms with van der Waals surface area (Å²) in [4.78, 5) is 14.3. The Bertz CT molecular complexity index is 685. The van der Waals surface area contributed by atoms with Gasteiger partial charge in [0.1, 0.15) is 0 Å². The van der Waals surface area contributed by atoms with Crippen molar-refractivity contribution in [3.05, 3.63) is 52.0 Å². The highest BCUT2D eigenvalue weighted by Gasteiger charge is 2.25. The molecule has 0 saturated carbocycles. The standard InChI is InChI=1S/C18H26N4O2/c1-14(2)22-17(18(23)24-20-22)12-19-16-8-10-21(11-9-16)13-15-6-4-3-5-7-15/h3-7,14,16,19H,8-13H2,1-2H3/p+1. The minimum absolute atomic E-state index is 0.181. The van der Waals surface area contributed by atoms with E-state index < -0.39 is 0 Å². The number of aromatic nitrogens is 2. The summed E-state index contributed by atoms with van der Waals surface area (Å²) in [6.07, 6.45) is 2.20. The van der Waals surface area contributed by atoms with Gasteiger partial charge in [-0.25, -0.2) is 4.79 Å². The normalized spacial score (nSPS) is 16.8. The molecule has 1 aromatic carbocycles. The third-order valence-electron chi connectivity index (χ3n) is 4.67. The van der Waals surface area contributed by atoms with Crippen LogP contribution >= 0.6 is 0 Å². The van der Waals surface area contributed by atoms with E-state index in [1.807, 2.05) is 13.8 Å². The fourth-order valence-corrected chi connectivity index (χ4v) is 3.26. The molecule has 0 unspecified atom stereocenters. The maximum absolute atomic E-state index is 11.8. The third-order valence-corrected chi connectivity index (χ3v) is 4.67. The van der Waals surface area contributed by atoms with Gasteiger partial charge in [-0.1, -0.05) is 35.0 Å². The molecule has 1 saturated heterocycles. The number of piperidine rings is 1. The molecule has 0 bridgehead atoms. The number of hydrogen-bond acceptors (Lipinski definition) is 4. The summed E-state index contributed by atoms with van der Waals surface area (Å²) >= 11 is 0. The lowest BCUT2D eigenvalue weighted by molar-refractivity contribution is -0.785. The minimum atomic E-state index is -0.280. The summed E-state index contributed by atoms with van der Waals surface area (Å²) in [5.41, 5.74) is 1.75. The van der Waals surface area contributed by atoms with Crippen molar-refractivity contribution in [2.45, 2.75) is 51.9 Å². The Morgan fingerprint density at radius 1 is 1.29 bits per heavy atom. The third kappa shape index (κ3) is 4.13. The molecule has 130 valence electrons. The van der Waals surface area contributed by atoms with Gasteiger partial charge in [0.05, 0.1) is 6.54 Å². The Labute approximate surface area is 142 Å². The van der Waals surface area contributed by atoms with Gasteiger partial charge in [-0.05, 0) is 50.6 Å². The van der Waals surface area contributed by atoms with Crippen molar-refractivity contribution < 1.29 is 9.20 Å². The number of benzene rings is 1. The van der Waals surface area contributed by atoms with Gasteiger partial charge in [0, 0.05) is 12.6 Å². The van der Waals surface area contributed by atoms with E-state index in [0.29, 0.717) is 18.3 Å². The second kappa shape index (κ2) is 7.77. The van der Waals surface area contributed by atoms with Crippen LogP contribution in [0.3, 0.4) is 0 Å². The number of rotatable bonds is 6. The van der Waals surface area contributed by atoms with Crippen molar-refractivity contribution in [2.24, 2.45) is 0 Å². The summed E-state index contributed by atoms with van der Waals surface area (Å²) in [6.45, 7) is 7.78. The van der Waals surface area contributed by atoms with Gasteiger partial charge in [-0.2, -0.15) is 0 Å². The molecule has 0 aliphatic carbocycles. The van der Waals surface area contributed by atoms with E-state index in [1.54, 1.807) is 4.68 Å². The van der Waals surface area contributed by atoms with Gasteiger partial charge in [-0.3, -0.25) is 9.42 Å². The van der Waals surface area contributed by atoms with Crippen LogP contribution in [0.2, 0.25) is 0 Å². The Hall–Kier alpha value is -1.92. The summed E-state index contributed by atoms with van der Waals surface area (Å²) in [5, 5.41) is 6.19. The number of hydrogen-bond donors (Lipinski definition) is 2. The second-order valence-electron chi connectivity index (χ2n) is 6.81. The van der Waals surface area contributed by atoms with Gasteiger partial charge in [-0.15, -0.1) is 0 Å². The predicted octanol–water partition coefficient (Wildman–Crippen LogP) is 1.59. The Morgan fingerprint density at radius 3 is 2.67 bits per heavy atom. The van der Waals surface area contributed by atoms with E-state index in [9.17, 15) is 4.79 Å². The van der Waals surface area contributed by atoms with E-state index in [0.717, 1.165) is 32.5 Å². The van der Waals surface area contributed by atoms with E-state index in [4.69, 9.17) is 4.52 Å². The molecule has 1 aliphatic heterocycles. The number of nitrogens with zero attached hydrogens (tertiary/aromatic N) is 2. The van der Waals surface area contributed by atoms with Crippen molar-refractivity contribution in [2.75, 3.05) is 13.1 Å². The van der Waals surface area contributed by atoms with Crippen molar-refractivity contribution in [3.63, 3.8) is 0 Å². The summed E-state index contributed by atoms with van der Waals surface area (Å²) in [6, 6.07) is 11.2. The van der Waals surface area contributed by atoms with Crippen LogP contribution < -0.4 is 15.6 Å². The van der Waals surface area contributed by atoms with E-state index in [1.165, 1.54) is 5.56 Å². The molecule has 6 nitrogen and oxygen atoms in total. The first-order valence-electron chi connectivity index (χ1n) is 8.75. The molecule has 0 amide bonds. The second-order valence-corrected chi connectivity index (χ2v) is 6.81. The fourth-order valence-electron chi connectivity index (χ4n) is 3.26. The van der Waals surface area contributed by atoms with Crippen molar-refractivity contribution in [3.8, 4) is 0 Å². The number of H-pyrrole nitrogens is 1. The zero-order valence-electron chi connectivity index (χ0n) is 14.5. The van der Waals surface area contributed by atoms with Crippen LogP contribution in [0, 0.1) is 0 Å². The van der Waals surface area contributed by atoms with E-state index >= 15 is 0 Å². The lowest BCUT2D eigenvalue weighted by Crippen LogP contribution is -2.47. The van der Waals surface area contributed by atoms with Gasteiger partial charge in [0.2, 0.25) is 0 Å². The first-order valence-corrected chi connectivity index (χ1v) is 8.75. The molecule has 1 fully saturated rings. The SMILES string of the molecule is CC(C)[n+]1[nH]oc(=O)c1CNC1CCN(Cc2ccccc2)CC1. The first kappa shape index (κ1) is 16.9. The van der Waals surface area contributed by atoms with Crippen molar-refractivity contribution in [1.82, 2.24) is 15.5 Å². The summed E-state index contributed by atoms with van der Waals surface area (Å²) in [5.74, 6) is 0. The van der Waals surface area contributed by atoms with Crippen molar-refractivity contribution in [1.29, 1.82) is 0 Å². The van der Waals surface area contributed by atoms with Crippen LogP contribution in [0.4, 0.5) is 0 Å². The lowest BCUT2D eigenvalue weighted by Gasteiger charge is -2.32. The number of likely N-dealkylation sites (tertiary alicyclic amines) is 1. The Kier molecular flexibility index (Phi) is 5.48. The largest absolute Gasteiger partial charge is 0.431 e. The molecular formula is C18H27N4O2+. The van der Waals surface area contributed by atoms with Crippen LogP contribution in [0.15, 0.2) is 39.6 Å². The van der Waals surface area contributed by atoms with Crippen LogP contribution in [-0.2, 0) is 13.1 Å². The summed E-state index contributed by atoms with van der Waals surface area (Å²) < 4.78 is 6.71. The predicted molar refractivity (Wildman–Crippen MR) is 91.5 cm³/mol. The first-order chi connectivity index (χ1) is 11.6. The molecule has 1 aliphatic rings. The van der Waals surface area contributed by atoms with Gasteiger partial charge >= 0.3 is 11.3 Å². The van der Waals surface area contributed by atoms with Crippen LogP contribution in [0.25, 0.3) is 0 Å². The highest BCUT2D eigenvalue weighted by molar-refractivity contribution is 5.14. The van der Waals surface area contributed by atoms with Crippen LogP contribution in [-0.4, -0.2) is 29.3 Å². The summed E-state index contributed by atoms with van der Waals surface area (Å²) in [7, 11) is 0. The number of nitrogens with one attached hydrogen (secondary N) is 2. The molecule has 0 atom stereocenters. The zero-order chi connectivity index (χ0) is 16.9. The van der Waals surface area contributed by atoms with Crippen molar-refractivity contribution >= 4 is 0 Å². The van der Waals surface area contributed by atoms with Gasteiger partial charge < -0.3 is 5.32 Å². The fraction of sp³-hybridized carbons (Fsp3) is 0.556. The van der Waals surface area contributed by atoms with Gasteiger partial charge in [0.25, 0.3) is 0 Å². The Balaban J connectivity index is 1.48. The zero-order valence-corrected chi connectivity index (χ0v) is 14.5. The minimum Gasteiger partial charge on any atom is -0.304 e. The molecular weight excluding hydrogens is 304 g/mol. The highest BCUT2D eigenvalue weighted by atomic mass is 16.5. The smallest absolute Gasteiger partial charge is 0.304 e. The average Bonchev–Trinajstić information content (AvgIpc) is 2.96. The molecule has 2 N–H and O–H groups in total. The quantitative estimate of drug-likeness (QED) is 0.789. The molecule has 2 aromatic rings. The monoisotopic (exact) mass is 331 g/mol. The van der Waals surface area contributed by atoms with Crippen LogP contribution in [0.5, 0.6) is 0 Å². The lowest BCUT2D eigenvalue weighted by atomic mass is 10.0. The average molecular weight is 331 g/mol.